The molecule has 7 nitrogen and oxygen atoms in total. The summed E-state index contributed by atoms with van der Waals surface area (Å²) in [5.74, 6) is 2.69. The second-order valence-corrected chi connectivity index (χ2v) is 11.4. The molecule has 39 heavy (non-hydrogen) atoms. The molecule has 2 fully saturated rings. The molecule has 6 rings (SSSR count). The molecule has 3 aliphatic carbocycles. The number of rotatable bonds is 2. The molecular weight excluding hydrogens is 486 g/mol. The first kappa shape index (κ1) is 27.8. The molecule has 5 aliphatic rings. The number of nitrogens with one attached hydrogen (secondary N) is 1. The first-order valence-corrected chi connectivity index (χ1v) is 14.8. The maximum Gasteiger partial charge on any atom is 0.227 e. The second kappa shape index (κ2) is 13.6. The Kier molecular flexibility index (Phi) is 9.67. The van der Waals surface area contributed by atoms with Crippen molar-refractivity contribution >= 4 is 5.95 Å². The first-order valence-electron chi connectivity index (χ1n) is 14.8. The van der Waals surface area contributed by atoms with Crippen LogP contribution in [-0.2, 0) is 10.2 Å². The molecule has 6 bridgehead atoms. The van der Waals surface area contributed by atoms with Gasteiger partial charge in [-0.15, -0.1) is 0 Å². The van der Waals surface area contributed by atoms with Gasteiger partial charge in [0.25, 0.3) is 0 Å². The van der Waals surface area contributed by atoms with Crippen LogP contribution < -0.4 is 5.32 Å². The minimum absolute atomic E-state index is 0. The van der Waals surface area contributed by atoms with Crippen LogP contribution in [0.2, 0.25) is 0 Å². The van der Waals surface area contributed by atoms with E-state index in [9.17, 15) is 0 Å². The Bertz CT molecular complexity index is 1110. The summed E-state index contributed by atoms with van der Waals surface area (Å²) in [6, 6.07) is 2.06. The third-order valence-electron chi connectivity index (χ3n) is 8.33. The topological polar surface area (TPSA) is 73.8 Å². The van der Waals surface area contributed by atoms with Gasteiger partial charge in [-0.05, 0) is 83.1 Å². The van der Waals surface area contributed by atoms with Crippen LogP contribution in [-0.4, -0.2) is 77.9 Å². The Morgan fingerprint density at radius 1 is 1.21 bits per heavy atom. The molecule has 1 aromatic rings. The number of anilines is 1. The second-order valence-electron chi connectivity index (χ2n) is 11.4. The molecule has 3 atom stereocenters. The van der Waals surface area contributed by atoms with Crippen molar-refractivity contribution in [1.29, 1.82) is 0 Å². The van der Waals surface area contributed by atoms with Gasteiger partial charge in [0.05, 0.1) is 18.9 Å². The molecule has 1 saturated carbocycles. The Hall–Kier alpha value is -2.74. The summed E-state index contributed by atoms with van der Waals surface area (Å²) in [6.07, 6.45) is 27.7. The number of aliphatic hydroxyl groups is 1. The smallest absolute Gasteiger partial charge is 0.227 e. The number of hydrogen-bond donors (Lipinski definition) is 2. The summed E-state index contributed by atoms with van der Waals surface area (Å²) in [6.45, 7) is 6.36. The van der Waals surface area contributed by atoms with Gasteiger partial charge in [-0.1, -0.05) is 42.5 Å². The number of likely N-dealkylation sites (tertiary alicyclic amines) is 1. The third-order valence-corrected chi connectivity index (χ3v) is 8.33. The van der Waals surface area contributed by atoms with Crippen molar-refractivity contribution in [2.75, 3.05) is 58.3 Å². The van der Waals surface area contributed by atoms with Gasteiger partial charge in [0.1, 0.15) is 5.76 Å². The number of hydrogen-bond acceptors (Lipinski definition) is 7. The maximum absolute atomic E-state index is 8.48. The lowest BCUT2D eigenvalue weighted by Crippen LogP contribution is -2.26. The van der Waals surface area contributed by atoms with Gasteiger partial charge >= 0.3 is 0 Å². The Morgan fingerprint density at radius 3 is 2.97 bits per heavy atom. The van der Waals surface area contributed by atoms with Crippen molar-refractivity contribution in [2.45, 2.75) is 50.4 Å². The highest BCUT2D eigenvalue weighted by Gasteiger charge is 2.58. The minimum atomic E-state index is -0.0308. The number of allylic oxidation sites excluding steroid dienone is 8. The predicted octanol–water partition coefficient (Wildman–Crippen LogP) is 5.07. The highest BCUT2D eigenvalue weighted by Crippen LogP contribution is 2.60. The van der Waals surface area contributed by atoms with E-state index in [1.807, 2.05) is 6.20 Å². The number of likely N-dealkylation sites (N-methyl/N-ethyl adjacent to an activating group) is 1. The number of aromatic nitrogens is 2. The summed E-state index contributed by atoms with van der Waals surface area (Å²) < 4.78 is 6.18. The first-order chi connectivity index (χ1) is 19.2. The van der Waals surface area contributed by atoms with Crippen molar-refractivity contribution in [2.24, 2.45) is 11.8 Å². The van der Waals surface area contributed by atoms with Gasteiger partial charge in [0.2, 0.25) is 5.95 Å². The van der Waals surface area contributed by atoms with Crippen LogP contribution in [0.25, 0.3) is 0 Å². The molecule has 2 N–H and O–H groups in total. The molecule has 2 aliphatic heterocycles. The SMILES string of the molecule is CN1C/C=C/CCCOC2=CC=CC3(CC23)c2ccnc(n2)NC2=CCC=CC(C2)C1.OCCN1CCCC1.[HH]. The van der Waals surface area contributed by atoms with E-state index in [1.54, 1.807) is 0 Å². The van der Waals surface area contributed by atoms with Crippen LogP contribution >= 0.6 is 0 Å². The predicted molar refractivity (Wildman–Crippen MR) is 159 cm³/mol. The number of aliphatic hydroxyl groups excluding tert-OH is 1. The highest BCUT2D eigenvalue weighted by molar-refractivity contribution is 5.47. The monoisotopic (exact) mass is 533 g/mol. The molecule has 1 saturated heterocycles. The number of nitrogens with zero attached hydrogens (tertiary/aromatic N) is 4. The van der Waals surface area contributed by atoms with Crippen LogP contribution in [0.5, 0.6) is 0 Å². The van der Waals surface area contributed by atoms with E-state index in [0.29, 0.717) is 24.4 Å². The summed E-state index contributed by atoms with van der Waals surface area (Å²) in [5.41, 5.74) is 2.27. The molecule has 3 unspecified atom stereocenters. The Morgan fingerprint density at radius 2 is 2.10 bits per heavy atom. The van der Waals surface area contributed by atoms with E-state index in [4.69, 9.17) is 14.8 Å². The van der Waals surface area contributed by atoms with Crippen molar-refractivity contribution in [1.82, 2.24) is 19.8 Å². The molecule has 0 aromatic carbocycles. The lowest BCUT2D eigenvalue weighted by atomic mass is 9.94. The minimum Gasteiger partial charge on any atom is -0.498 e. The third kappa shape index (κ3) is 7.47. The summed E-state index contributed by atoms with van der Waals surface area (Å²) in [4.78, 5) is 14.2. The van der Waals surface area contributed by atoms with E-state index in [2.05, 4.69) is 81.8 Å². The molecular formula is C32H47N5O2. The normalized spacial score (nSPS) is 29.9. The van der Waals surface area contributed by atoms with Crippen LogP contribution in [0.1, 0.15) is 52.1 Å². The fourth-order valence-corrected chi connectivity index (χ4v) is 6.12. The molecule has 7 heteroatoms. The van der Waals surface area contributed by atoms with Gasteiger partial charge in [0, 0.05) is 44.3 Å². The fraction of sp³-hybridized carbons (Fsp3) is 0.562. The molecule has 3 heterocycles. The van der Waals surface area contributed by atoms with E-state index in [0.717, 1.165) is 69.8 Å². The van der Waals surface area contributed by atoms with Gasteiger partial charge in [-0.3, -0.25) is 0 Å². The lowest BCUT2D eigenvalue weighted by molar-refractivity contribution is 0.190. The standard InChI is InChI=1S/C26H32N4O.C6H13NO.H2/c1-30-15-6-2-3-7-16-31-23-11-8-13-26(18-22(23)26)24-12-14-27-25(29-24)28-21-10-5-4-9-20(17-21)19-30;8-6-5-7-3-1-2-4-7;/h2,4,6,8-14,20,22H,3,5,7,15-19H2,1H3,(H,27,28,29);8H,1-6H2;1H/b6-2+;;. The van der Waals surface area contributed by atoms with Crippen molar-refractivity contribution in [3.63, 3.8) is 0 Å². The Labute approximate surface area is 235 Å². The van der Waals surface area contributed by atoms with Gasteiger partial charge < -0.3 is 25.0 Å². The zero-order valence-corrected chi connectivity index (χ0v) is 23.5. The fourth-order valence-electron chi connectivity index (χ4n) is 6.12. The summed E-state index contributed by atoms with van der Waals surface area (Å²) in [7, 11) is 2.20. The average Bonchev–Trinajstić information content (AvgIpc) is 3.57. The number of β-amino-alcohol motifs (C(OH)–C–C–N with tert-alkyl or cyclic N) is 1. The molecule has 0 radical (unpaired) electrons. The zero-order valence-electron chi connectivity index (χ0n) is 23.5. The molecule has 0 amide bonds. The summed E-state index contributed by atoms with van der Waals surface area (Å²) >= 11 is 0. The highest BCUT2D eigenvalue weighted by atomic mass is 16.5. The molecule has 1 aromatic heterocycles. The number of fused-ring (bicyclic) bond motifs is 4. The van der Waals surface area contributed by atoms with Crippen LogP contribution in [0.15, 0.2) is 72.3 Å². The van der Waals surface area contributed by atoms with E-state index < -0.39 is 0 Å². The average molecular weight is 534 g/mol. The van der Waals surface area contributed by atoms with Crippen LogP contribution in [0, 0.1) is 11.8 Å². The lowest BCUT2D eigenvalue weighted by Gasteiger charge is -2.22. The van der Waals surface area contributed by atoms with E-state index in [-0.39, 0.29) is 6.84 Å². The van der Waals surface area contributed by atoms with E-state index >= 15 is 0 Å². The zero-order chi connectivity index (χ0) is 26.9. The number of ether oxygens (including phenoxy) is 1. The van der Waals surface area contributed by atoms with Crippen molar-refractivity contribution in [3.8, 4) is 0 Å². The van der Waals surface area contributed by atoms with Crippen LogP contribution in [0.4, 0.5) is 5.95 Å². The quantitative estimate of drug-likeness (QED) is 0.514. The van der Waals surface area contributed by atoms with Gasteiger partial charge in [-0.25, -0.2) is 9.97 Å². The molecule has 0 spiro atoms. The summed E-state index contributed by atoms with van der Waals surface area (Å²) in [5, 5.41) is 12.0. The maximum atomic E-state index is 8.48. The van der Waals surface area contributed by atoms with Gasteiger partial charge in [-0.2, -0.15) is 0 Å². The van der Waals surface area contributed by atoms with E-state index in [1.165, 1.54) is 31.6 Å². The Balaban J connectivity index is 0.000000356. The van der Waals surface area contributed by atoms with Crippen molar-refractivity contribution < 1.29 is 11.3 Å². The van der Waals surface area contributed by atoms with Gasteiger partial charge in [0.15, 0.2) is 0 Å². The van der Waals surface area contributed by atoms with Crippen molar-refractivity contribution in [3.05, 3.63) is 78.0 Å². The largest absolute Gasteiger partial charge is 0.498 e. The molecule has 212 valence electrons. The van der Waals surface area contributed by atoms with Crippen LogP contribution in [0.3, 0.4) is 0 Å².